The molecule has 22 heavy (non-hydrogen) atoms. The van der Waals surface area contributed by atoms with E-state index >= 15 is 0 Å². The molecule has 3 heterocycles. The van der Waals surface area contributed by atoms with Crippen molar-refractivity contribution in [3.8, 4) is 0 Å². The zero-order chi connectivity index (χ0) is 14.8. The molecular formula is C16H22N4O2. The summed E-state index contributed by atoms with van der Waals surface area (Å²) in [4.78, 5) is 2.43. The summed E-state index contributed by atoms with van der Waals surface area (Å²) in [6.45, 7) is 5.24. The third kappa shape index (κ3) is 3.23. The van der Waals surface area contributed by atoms with E-state index in [4.69, 9.17) is 9.15 Å². The fourth-order valence-corrected chi connectivity index (χ4v) is 2.95. The highest BCUT2D eigenvalue weighted by atomic mass is 16.5. The second-order valence-electron chi connectivity index (χ2n) is 6.36. The molecule has 1 fully saturated rings. The molecular weight excluding hydrogens is 280 g/mol. The molecule has 0 atom stereocenters. The molecule has 0 aromatic carbocycles. The van der Waals surface area contributed by atoms with Crippen LogP contribution in [0.2, 0.25) is 0 Å². The Bertz CT molecular complexity index is 604. The van der Waals surface area contributed by atoms with Crippen molar-refractivity contribution in [2.75, 3.05) is 13.2 Å². The van der Waals surface area contributed by atoms with Crippen LogP contribution in [-0.2, 0) is 31.0 Å². The van der Waals surface area contributed by atoms with E-state index in [1.165, 1.54) is 24.1 Å². The van der Waals surface area contributed by atoms with Crippen LogP contribution < -0.4 is 0 Å². The van der Waals surface area contributed by atoms with E-state index in [2.05, 4.69) is 15.2 Å². The number of furan rings is 1. The Morgan fingerprint density at radius 1 is 1.32 bits per heavy atom. The third-order valence-corrected chi connectivity index (χ3v) is 4.41. The van der Waals surface area contributed by atoms with E-state index in [-0.39, 0.29) is 0 Å². The molecule has 0 spiro atoms. The molecule has 2 aliphatic rings. The second-order valence-corrected chi connectivity index (χ2v) is 6.36. The van der Waals surface area contributed by atoms with E-state index in [1.807, 2.05) is 17.0 Å². The van der Waals surface area contributed by atoms with Crippen LogP contribution in [0.1, 0.15) is 36.2 Å². The molecule has 0 unspecified atom stereocenters. The fourth-order valence-electron chi connectivity index (χ4n) is 2.95. The molecule has 0 radical (unpaired) electrons. The van der Waals surface area contributed by atoms with Gasteiger partial charge in [-0.05, 0) is 31.2 Å². The van der Waals surface area contributed by atoms with E-state index in [9.17, 15) is 0 Å². The Morgan fingerprint density at radius 2 is 2.27 bits per heavy atom. The van der Waals surface area contributed by atoms with Gasteiger partial charge in [-0.2, -0.15) is 0 Å². The summed E-state index contributed by atoms with van der Waals surface area (Å²) >= 11 is 0. The quantitative estimate of drug-likeness (QED) is 0.819. The molecule has 2 aromatic rings. The summed E-state index contributed by atoms with van der Waals surface area (Å²) < 4.78 is 13.0. The zero-order valence-electron chi connectivity index (χ0n) is 12.8. The van der Waals surface area contributed by atoms with Crippen LogP contribution in [0.25, 0.3) is 0 Å². The predicted octanol–water partition coefficient (Wildman–Crippen LogP) is 2.20. The number of hydrogen-bond donors (Lipinski definition) is 0. The number of nitrogens with zero attached hydrogens (tertiary/aromatic N) is 4. The van der Waals surface area contributed by atoms with Crippen molar-refractivity contribution in [2.45, 2.75) is 45.5 Å². The van der Waals surface area contributed by atoms with Gasteiger partial charge in [-0.3, -0.25) is 4.90 Å². The maximum Gasteiger partial charge on any atom is 0.113 e. The minimum Gasteiger partial charge on any atom is -0.472 e. The molecule has 0 saturated heterocycles. The summed E-state index contributed by atoms with van der Waals surface area (Å²) in [6, 6.07) is 2.03. The zero-order valence-corrected chi connectivity index (χ0v) is 12.8. The van der Waals surface area contributed by atoms with Crippen molar-refractivity contribution in [2.24, 2.45) is 5.92 Å². The summed E-state index contributed by atoms with van der Waals surface area (Å²) in [5, 5.41) is 8.63. The first-order chi connectivity index (χ1) is 10.9. The molecule has 118 valence electrons. The van der Waals surface area contributed by atoms with Crippen molar-refractivity contribution < 1.29 is 9.15 Å². The van der Waals surface area contributed by atoms with E-state index in [0.717, 1.165) is 50.8 Å². The molecule has 0 amide bonds. The average Bonchev–Trinajstić information content (AvgIpc) is 3.13. The topological polar surface area (TPSA) is 56.3 Å². The van der Waals surface area contributed by atoms with Crippen LogP contribution in [-0.4, -0.2) is 33.0 Å². The molecule has 2 aromatic heterocycles. The number of aromatic nitrogens is 3. The van der Waals surface area contributed by atoms with Crippen molar-refractivity contribution in [1.29, 1.82) is 0 Å². The van der Waals surface area contributed by atoms with E-state index in [1.54, 1.807) is 6.26 Å². The van der Waals surface area contributed by atoms with Gasteiger partial charge in [0.25, 0.3) is 0 Å². The Labute approximate surface area is 130 Å². The number of hydrogen-bond acceptors (Lipinski definition) is 5. The lowest BCUT2D eigenvalue weighted by molar-refractivity contribution is 0.107. The maximum absolute atomic E-state index is 5.80. The summed E-state index contributed by atoms with van der Waals surface area (Å²) in [6.07, 6.45) is 7.28. The van der Waals surface area contributed by atoms with Crippen LogP contribution in [0.3, 0.4) is 0 Å². The molecule has 1 aliphatic carbocycles. The van der Waals surface area contributed by atoms with Crippen molar-refractivity contribution in [1.82, 2.24) is 19.9 Å². The van der Waals surface area contributed by atoms with Gasteiger partial charge in [0.2, 0.25) is 0 Å². The van der Waals surface area contributed by atoms with Gasteiger partial charge in [0, 0.05) is 38.3 Å². The van der Waals surface area contributed by atoms with Gasteiger partial charge in [0.15, 0.2) is 0 Å². The van der Waals surface area contributed by atoms with Gasteiger partial charge in [0.05, 0.1) is 24.8 Å². The smallest absolute Gasteiger partial charge is 0.113 e. The second kappa shape index (κ2) is 6.22. The van der Waals surface area contributed by atoms with Gasteiger partial charge < -0.3 is 9.15 Å². The van der Waals surface area contributed by atoms with Crippen LogP contribution in [0, 0.1) is 5.92 Å². The molecule has 0 bridgehead atoms. The lowest BCUT2D eigenvalue weighted by atomic mass is 10.2. The molecule has 6 nitrogen and oxygen atoms in total. The fraction of sp³-hybridized carbons (Fsp3) is 0.625. The third-order valence-electron chi connectivity index (χ3n) is 4.41. The van der Waals surface area contributed by atoms with E-state index in [0.29, 0.717) is 6.61 Å². The Balaban J connectivity index is 1.42. The standard InChI is InChI=1S/C16H22N4O2/c1-5-19(8-14-4-7-21-11-14)9-16-15(17-18-20(16)6-1)12-22-10-13-2-3-13/h4,7,11,13H,1-3,5-6,8-10,12H2. The lowest BCUT2D eigenvalue weighted by Gasteiger charge is -2.18. The van der Waals surface area contributed by atoms with Crippen molar-refractivity contribution >= 4 is 0 Å². The van der Waals surface area contributed by atoms with Gasteiger partial charge in [0.1, 0.15) is 5.69 Å². The Kier molecular flexibility index (Phi) is 3.95. The first-order valence-electron chi connectivity index (χ1n) is 8.11. The molecule has 6 heteroatoms. The number of fused-ring (bicyclic) bond motifs is 1. The molecule has 1 saturated carbocycles. The van der Waals surface area contributed by atoms with Gasteiger partial charge in [-0.1, -0.05) is 5.21 Å². The van der Waals surface area contributed by atoms with E-state index < -0.39 is 0 Å². The average molecular weight is 302 g/mol. The first-order valence-corrected chi connectivity index (χ1v) is 8.11. The van der Waals surface area contributed by atoms with Crippen molar-refractivity contribution in [3.63, 3.8) is 0 Å². The van der Waals surface area contributed by atoms with Crippen LogP contribution >= 0.6 is 0 Å². The van der Waals surface area contributed by atoms with Gasteiger partial charge >= 0.3 is 0 Å². The highest BCUT2D eigenvalue weighted by Crippen LogP contribution is 2.29. The predicted molar refractivity (Wildman–Crippen MR) is 79.8 cm³/mol. The largest absolute Gasteiger partial charge is 0.472 e. The van der Waals surface area contributed by atoms with Crippen molar-refractivity contribution in [3.05, 3.63) is 35.5 Å². The normalized spacial score (nSPS) is 19.1. The maximum atomic E-state index is 5.80. The summed E-state index contributed by atoms with van der Waals surface area (Å²) in [5.74, 6) is 0.784. The summed E-state index contributed by atoms with van der Waals surface area (Å²) in [5.41, 5.74) is 3.42. The number of aryl methyl sites for hydroxylation is 1. The highest BCUT2D eigenvalue weighted by Gasteiger charge is 2.23. The lowest BCUT2D eigenvalue weighted by Crippen LogP contribution is -2.23. The molecule has 1 aliphatic heterocycles. The molecule has 4 rings (SSSR count). The van der Waals surface area contributed by atoms with Crippen LogP contribution in [0.4, 0.5) is 0 Å². The number of rotatable bonds is 6. The Morgan fingerprint density at radius 3 is 3.09 bits per heavy atom. The SMILES string of the molecule is c1cc(CN2CCCn3nnc(COCC4CC4)c3C2)co1. The van der Waals surface area contributed by atoms with Crippen LogP contribution in [0.5, 0.6) is 0 Å². The van der Waals surface area contributed by atoms with Crippen LogP contribution in [0.15, 0.2) is 23.0 Å². The molecule has 0 N–H and O–H groups in total. The van der Waals surface area contributed by atoms with Gasteiger partial charge in [-0.15, -0.1) is 5.10 Å². The first kappa shape index (κ1) is 14.0. The minimum absolute atomic E-state index is 0.589. The monoisotopic (exact) mass is 302 g/mol. The summed E-state index contributed by atoms with van der Waals surface area (Å²) in [7, 11) is 0. The number of ether oxygens (including phenoxy) is 1. The Hall–Kier alpha value is -1.66. The van der Waals surface area contributed by atoms with Gasteiger partial charge in [-0.25, -0.2) is 4.68 Å². The highest BCUT2D eigenvalue weighted by molar-refractivity contribution is 5.11. The minimum atomic E-state index is 0.589.